The second kappa shape index (κ2) is 6.92. The Morgan fingerprint density at radius 1 is 1.31 bits per heavy atom. The van der Waals surface area contributed by atoms with Crippen LogP contribution < -0.4 is 5.73 Å². The van der Waals surface area contributed by atoms with Crippen molar-refractivity contribution in [3.05, 3.63) is 12.2 Å². The summed E-state index contributed by atoms with van der Waals surface area (Å²) in [5.41, 5.74) is 6.20. The summed E-state index contributed by atoms with van der Waals surface area (Å²) in [4.78, 5) is 11.5. The second-order valence-electron chi connectivity index (χ2n) is 3.59. The summed E-state index contributed by atoms with van der Waals surface area (Å²) in [5, 5.41) is 0. The molecule has 0 aliphatic carbocycles. The Morgan fingerprint density at radius 2 is 1.75 bits per heavy atom. The number of hydrogen-bond acceptors (Lipinski definition) is 5. The highest BCUT2D eigenvalue weighted by atomic mass is 28.4. The molecule has 0 rings (SSSR count). The van der Waals surface area contributed by atoms with Gasteiger partial charge in [-0.15, -0.1) is 0 Å². The van der Waals surface area contributed by atoms with Gasteiger partial charge in [0.25, 0.3) is 0 Å². The maximum Gasteiger partial charge on any atom is 0.500 e. The van der Waals surface area contributed by atoms with E-state index >= 15 is 0 Å². The number of nitrogens with two attached hydrogens (primary N) is 1. The molecule has 0 saturated carbocycles. The highest BCUT2D eigenvalue weighted by Gasteiger charge is 2.38. The third kappa shape index (κ3) is 4.15. The van der Waals surface area contributed by atoms with Crippen molar-refractivity contribution in [2.24, 2.45) is 5.73 Å². The van der Waals surface area contributed by atoms with Crippen LogP contribution in [0.25, 0.3) is 0 Å². The Kier molecular flexibility index (Phi) is 6.69. The molecule has 0 bridgehead atoms. The third-order valence-electron chi connectivity index (χ3n) is 2.45. The summed E-state index contributed by atoms with van der Waals surface area (Å²) in [5.74, 6) is -0.133. The Labute approximate surface area is 97.9 Å². The number of carbonyl (C=O) groups excluding carboxylic acids is 1. The minimum Gasteiger partial charge on any atom is -0.377 e. The number of rotatable bonds is 8. The monoisotopic (exact) mass is 247 g/mol. The second-order valence-corrected chi connectivity index (χ2v) is 6.68. The number of carbonyl (C=O) groups is 1. The molecule has 0 aromatic carbocycles. The first-order valence-electron chi connectivity index (χ1n) is 5.03. The van der Waals surface area contributed by atoms with Gasteiger partial charge in [0.15, 0.2) is 5.78 Å². The van der Waals surface area contributed by atoms with Crippen molar-refractivity contribution in [2.75, 3.05) is 21.3 Å². The fourth-order valence-electron chi connectivity index (χ4n) is 1.34. The Balaban J connectivity index is 4.31. The molecule has 0 heterocycles. The summed E-state index contributed by atoms with van der Waals surface area (Å²) in [6.07, 6.45) is 0.466. The summed E-state index contributed by atoms with van der Waals surface area (Å²) in [6, 6.07) is -0.0544. The summed E-state index contributed by atoms with van der Waals surface area (Å²) < 4.78 is 15.7. The van der Waals surface area contributed by atoms with Crippen LogP contribution in [-0.2, 0) is 18.1 Å². The highest BCUT2D eigenvalue weighted by Crippen LogP contribution is 2.16. The molecule has 6 heteroatoms. The molecule has 0 amide bonds. The Bertz CT molecular complexity index is 245. The predicted molar refractivity (Wildman–Crippen MR) is 64.0 cm³/mol. The zero-order valence-corrected chi connectivity index (χ0v) is 11.4. The first-order valence-corrected chi connectivity index (χ1v) is 6.96. The maximum atomic E-state index is 11.5. The number of hydrogen-bond donors (Lipinski definition) is 1. The van der Waals surface area contributed by atoms with E-state index in [1.54, 1.807) is 6.92 Å². The van der Waals surface area contributed by atoms with E-state index in [9.17, 15) is 4.79 Å². The maximum absolute atomic E-state index is 11.5. The third-order valence-corrected chi connectivity index (χ3v) is 5.22. The Morgan fingerprint density at radius 3 is 2.06 bits per heavy atom. The number of Topliss-reactive ketones (excluding diaryl/α,β-unsaturated/α-hetero) is 1. The fraction of sp³-hybridized carbons (Fsp3) is 0.700. The lowest BCUT2D eigenvalue weighted by molar-refractivity contribution is -0.116. The smallest absolute Gasteiger partial charge is 0.377 e. The van der Waals surface area contributed by atoms with E-state index in [4.69, 9.17) is 19.0 Å². The van der Waals surface area contributed by atoms with Gasteiger partial charge in [0.1, 0.15) is 0 Å². The molecule has 0 aromatic heterocycles. The van der Waals surface area contributed by atoms with Crippen LogP contribution in [0.5, 0.6) is 0 Å². The number of ketones is 1. The van der Waals surface area contributed by atoms with E-state index in [2.05, 4.69) is 6.58 Å². The van der Waals surface area contributed by atoms with Crippen molar-refractivity contribution in [1.82, 2.24) is 0 Å². The van der Waals surface area contributed by atoms with Gasteiger partial charge in [0.2, 0.25) is 0 Å². The molecule has 0 aliphatic heterocycles. The zero-order chi connectivity index (χ0) is 12.8. The molecular weight excluding hydrogens is 226 g/mol. The molecule has 1 unspecified atom stereocenters. The lowest BCUT2D eigenvalue weighted by atomic mass is 10.1. The van der Waals surface area contributed by atoms with Crippen LogP contribution >= 0.6 is 0 Å². The predicted octanol–water partition coefficient (Wildman–Crippen LogP) is 0.727. The topological polar surface area (TPSA) is 70.8 Å². The van der Waals surface area contributed by atoms with Crippen LogP contribution in [0.2, 0.25) is 6.04 Å². The molecule has 0 aliphatic rings. The SMILES string of the molecule is C=C(C)C(=O)C(N)CC[Si](OC)(OC)OC. The minimum atomic E-state index is -2.62. The van der Waals surface area contributed by atoms with E-state index in [0.717, 1.165) is 0 Å². The van der Waals surface area contributed by atoms with Gasteiger partial charge in [-0.05, 0) is 18.9 Å². The van der Waals surface area contributed by atoms with Gasteiger partial charge in [0.05, 0.1) is 6.04 Å². The van der Waals surface area contributed by atoms with Crippen molar-refractivity contribution >= 4 is 14.6 Å². The molecule has 1 atom stereocenters. The Hall–Kier alpha value is -0.533. The standard InChI is InChI=1S/C10H21NO4Si/c1-8(2)10(12)9(11)6-7-16(13-3,14-4)15-5/h9H,1,6-7,11H2,2-5H3. The van der Waals surface area contributed by atoms with Crippen molar-refractivity contribution in [1.29, 1.82) is 0 Å². The van der Waals surface area contributed by atoms with Crippen LogP contribution in [0, 0.1) is 0 Å². The molecule has 5 nitrogen and oxygen atoms in total. The fourth-order valence-corrected chi connectivity index (χ4v) is 3.11. The van der Waals surface area contributed by atoms with Crippen LogP contribution in [0.15, 0.2) is 12.2 Å². The summed E-state index contributed by atoms with van der Waals surface area (Å²) >= 11 is 0. The average molecular weight is 247 g/mol. The molecule has 0 aromatic rings. The van der Waals surface area contributed by atoms with Crippen molar-refractivity contribution < 1.29 is 18.1 Å². The van der Waals surface area contributed by atoms with Gasteiger partial charge >= 0.3 is 8.80 Å². The lowest BCUT2D eigenvalue weighted by Gasteiger charge is -2.25. The molecular formula is C10H21NO4Si. The van der Waals surface area contributed by atoms with Crippen LogP contribution in [0.3, 0.4) is 0 Å². The first kappa shape index (κ1) is 15.5. The first-order chi connectivity index (χ1) is 7.42. The molecule has 94 valence electrons. The van der Waals surface area contributed by atoms with Crippen LogP contribution in [0.4, 0.5) is 0 Å². The molecule has 2 N–H and O–H groups in total. The van der Waals surface area contributed by atoms with Crippen molar-refractivity contribution in [3.8, 4) is 0 Å². The molecule has 0 radical (unpaired) electrons. The van der Waals surface area contributed by atoms with Crippen molar-refractivity contribution in [3.63, 3.8) is 0 Å². The summed E-state index contributed by atoms with van der Waals surface area (Å²) in [7, 11) is 1.98. The van der Waals surface area contributed by atoms with Gasteiger partial charge in [-0.3, -0.25) is 4.79 Å². The zero-order valence-electron chi connectivity index (χ0n) is 10.4. The van der Waals surface area contributed by atoms with E-state index in [1.807, 2.05) is 0 Å². The highest BCUT2D eigenvalue weighted by molar-refractivity contribution is 6.60. The van der Waals surface area contributed by atoms with E-state index < -0.39 is 14.8 Å². The average Bonchev–Trinajstić information content (AvgIpc) is 2.30. The van der Waals surface area contributed by atoms with Gasteiger partial charge in [-0.1, -0.05) is 6.58 Å². The lowest BCUT2D eigenvalue weighted by Crippen LogP contribution is -2.44. The molecule has 0 fully saturated rings. The molecule has 0 spiro atoms. The van der Waals surface area contributed by atoms with Crippen LogP contribution in [-0.4, -0.2) is 42.0 Å². The van der Waals surface area contributed by atoms with E-state index in [-0.39, 0.29) is 5.78 Å². The van der Waals surface area contributed by atoms with Crippen molar-refractivity contribution in [2.45, 2.75) is 25.4 Å². The van der Waals surface area contributed by atoms with Gasteiger partial charge in [0, 0.05) is 27.4 Å². The summed E-state index contributed by atoms with van der Waals surface area (Å²) in [6.45, 7) is 5.22. The largest absolute Gasteiger partial charge is 0.500 e. The molecule has 16 heavy (non-hydrogen) atoms. The van der Waals surface area contributed by atoms with E-state index in [1.165, 1.54) is 21.3 Å². The van der Waals surface area contributed by atoms with E-state index in [0.29, 0.717) is 18.0 Å². The van der Waals surface area contributed by atoms with Gasteiger partial charge in [-0.2, -0.15) is 0 Å². The minimum absolute atomic E-state index is 0.133. The normalized spacial score (nSPS) is 13.6. The van der Waals surface area contributed by atoms with Gasteiger partial charge < -0.3 is 19.0 Å². The van der Waals surface area contributed by atoms with Gasteiger partial charge in [-0.25, -0.2) is 0 Å². The van der Waals surface area contributed by atoms with Crippen LogP contribution in [0.1, 0.15) is 13.3 Å². The quantitative estimate of drug-likeness (QED) is 0.506. The molecule has 0 saturated heterocycles.